The average molecular weight is 313 g/mol. The van der Waals surface area contributed by atoms with Gasteiger partial charge in [-0.3, -0.25) is 4.72 Å². The van der Waals surface area contributed by atoms with Crippen molar-refractivity contribution in [2.24, 2.45) is 0 Å². The molecule has 3 N–H and O–H groups in total. The Morgan fingerprint density at radius 2 is 2.05 bits per heavy atom. The molecule has 8 heteroatoms. The van der Waals surface area contributed by atoms with Crippen LogP contribution in [0.1, 0.15) is 11.3 Å². The Hall–Kier alpha value is -1.80. The number of ether oxygens (including phenoxy) is 1. The Balaban J connectivity index is 2.43. The molecular formula is C12H15N3O3S2. The van der Waals surface area contributed by atoms with E-state index in [0.717, 1.165) is 16.9 Å². The highest BCUT2D eigenvalue weighted by molar-refractivity contribution is 7.94. The molecule has 0 saturated heterocycles. The molecule has 0 radical (unpaired) electrons. The third-order valence-electron chi connectivity index (χ3n) is 2.61. The van der Waals surface area contributed by atoms with Crippen LogP contribution in [0.2, 0.25) is 0 Å². The van der Waals surface area contributed by atoms with Gasteiger partial charge in [0.05, 0.1) is 18.5 Å². The predicted octanol–water partition coefficient (Wildman–Crippen LogP) is 2.15. The smallest absolute Gasteiger partial charge is 0.273 e. The highest BCUT2D eigenvalue weighted by Gasteiger charge is 2.22. The maximum Gasteiger partial charge on any atom is 0.273 e. The number of nitrogens with one attached hydrogen (secondary N) is 1. The molecule has 0 aliphatic rings. The Kier molecular flexibility index (Phi) is 3.87. The summed E-state index contributed by atoms with van der Waals surface area (Å²) in [6.07, 6.45) is 0. The third kappa shape index (κ3) is 2.86. The zero-order valence-electron chi connectivity index (χ0n) is 11.3. The van der Waals surface area contributed by atoms with Gasteiger partial charge >= 0.3 is 0 Å². The van der Waals surface area contributed by atoms with E-state index in [1.165, 1.54) is 7.11 Å². The number of nitrogens with two attached hydrogens (primary N) is 1. The SMILES string of the molecule is COc1ccc(C)cc1NS(=O)(=O)c1sc(N)nc1C. The fourth-order valence-corrected chi connectivity index (χ4v) is 4.11. The summed E-state index contributed by atoms with van der Waals surface area (Å²) in [5.41, 5.74) is 7.23. The monoisotopic (exact) mass is 313 g/mol. The largest absolute Gasteiger partial charge is 0.495 e. The molecule has 0 aliphatic heterocycles. The van der Waals surface area contributed by atoms with Gasteiger partial charge in [0, 0.05) is 0 Å². The van der Waals surface area contributed by atoms with Crippen molar-refractivity contribution in [3.63, 3.8) is 0 Å². The molecule has 1 heterocycles. The molecule has 108 valence electrons. The quantitative estimate of drug-likeness (QED) is 0.902. The number of hydrogen-bond acceptors (Lipinski definition) is 6. The number of nitrogens with zero attached hydrogens (tertiary/aromatic N) is 1. The van der Waals surface area contributed by atoms with Crippen LogP contribution in [0.5, 0.6) is 5.75 Å². The van der Waals surface area contributed by atoms with Crippen LogP contribution < -0.4 is 15.2 Å². The molecule has 0 fully saturated rings. The zero-order valence-corrected chi connectivity index (χ0v) is 12.9. The molecule has 6 nitrogen and oxygen atoms in total. The lowest BCUT2D eigenvalue weighted by atomic mass is 10.2. The summed E-state index contributed by atoms with van der Waals surface area (Å²) in [6, 6.07) is 5.25. The van der Waals surface area contributed by atoms with Gasteiger partial charge in [0.2, 0.25) is 0 Å². The Morgan fingerprint density at radius 1 is 1.35 bits per heavy atom. The number of rotatable bonds is 4. The van der Waals surface area contributed by atoms with Crippen LogP contribution in [0, 0.1) is 13.8 Å². The molecule has 2 aromatic rings. The molecule has 0 amide bonds. The van der Waals surface area contributed by atoms with Crippen LogP contribution in [0.25, 0.3) is 0 Å². The number of thiazole rings is 1. The van der Waals surface area contributed by atoms with Gasteiger partial charge in [-0.2, -0.15) is 0 Å². The second-order valence-electron chi connectivity index (χ2n) is 4.23. The van der Waals surface area contributed by atoms with Crippen molar-refractivity contribution >= 4 is 32.2 Å². The van der Waals surface area contributed by atoms with E-state index in [2.05, 4.69) is 9.71 Å². The van der Waals surface area contributed by atoms with Crippen molar-refractivity contribution in [2.75, 3.05) is 17.6 Å². The lowest BCUT2D eigenvalue weighted by molar-refractivity contribution is 0.417. The average Bonchev–Trinajstić information content (AvgIpc) is 2.69. The van der Waals surface area contributed by atoms with Gasteiger partial charge in [-0.15, -0.1) is 0 Å². The highest BCUT2D eigenvalue weighted by Crippen LogP contribution is 2.31. The van der Waals surface area contributed by atoms with Gasteiger partial charge in [-0.05, 0) is 31.5 Å². The van der Waals surface area contributed by atoms with E-state index in [-0.39, 0.29) is 9.34 Å². The fraction of sp³-hybridized carbons (Fsp3) is 0.250. The number of nitrogen functional groups attached to an aromatic ring is 1. The summed E-state index contributed by atoms with van der Waals surface area (Å²) >= 11 is 0.934. The number of aryl methyl sites for hydroxylation is 2. The molecule has 0 aliphatic carbocycles. The van der Waals surface area contributed by atoms with Crippen molar-refractivity contribution < 1.29 is 13.2 Å². The minimum atomic E-state index is -3.73. The summed E-state index contributed by atoms with van der Waals surface area (Å²) < 4.78 is 32.5. The molecule has 0 unspecified atom stereocenters. The van der Waals surface area contributed by atoms with Crippen molar-refractivity contribution in [2.45, 2.75) is 18.1 Å². The molecule has 20 heavy (non-hydrogen) atoms. The Morgan fingerprint density at radius 3 is 2.60 bits per heavy atom. The Labute approximate surface area is 121 Å². The van der Waals surface area contributed by atoms with Crippen LogP contribution in [0.3, 0.4) is 0 Å². The number of benzene rings is 1. The minimum absolute atomic E-state index is 0.110. The summed E-state index contributed by atoms with van der Waals surface area (Å²) in [6.45, 7) is 3.47. The van der Waals surface area contributed by atoms with Crippen molar-refractivity contribution in [1.82, 2.24) is 4.98 Å². The molecule has 2 rings (SSSR count). The standard InChI is InChI=1S/C12H15N3O3S2/c1-7-4-5-10(18-3)9(6-7)15-20(16,17)11-8(2)14-12(13)19-11/h4-6,15H,1-3H3,(H2,13,14). The first-order valence-electron chi connectivity index (χ1n) is 5.74. The maximum atomic E-state index is 12.4. The van der Waals surface area contributed by atoms with Gasteiger partial charge in [0.25, 0.3) is 10.0 Å². The summed E-state index contributed by atoms with van der Waals surface area (Å²) in [5, 5.41) is 0.221. The van der Waals surface area contributed by atoms with Gasteiger partial charge in [0.1, 0.15) is 5.75 Å². The first-order valence-corrected chi connectivity index (χ1v) is 8.04. The lowest BCUT2D eigenvalue weighted by Gasteiger charge is -2.11. The maximum absolute atomic E-state index is 12.4. The lowest BCUT2D eigenvalue weighted by Crippen LogP contribution is -2.13. The number of sulfonamides is 1. The number of anilines is 2. The van der Waals surface area contributed by atoms with Crippen molar-refractivity contribution in [1.29, 1.82) is 0 Å². The molecule has 0 spiro atoms. The van der Waals surface area contributed by atoms with Crippen LogP contribution in [0.15, 0.2) is 22.4 Å². The van der Waals surface area contributed by atoms with Crippen molar-refractivity contribution in [3.05, 3.63) is 29.5 Å². The molecule has 0 atom stereocenters. The highest BCUT2D eigenvalue weighted by atomic mass is 32.2. The Bertz CT molecular complexity index is 738. The van der Waals surface area contributed by atoms with E-state index < -0.39 is 10.0 Å². The first-order chi connectivity index (χ1) is 9.33. The van der Waals surface area contributed by atoms with Gasteiger partial charge in [-0.1, -0.05) is 17.4 Å². The molecular weight excluding hydrogens is 298 g/mol. The number of aromatic nitrogens is 1. The molecule has 1 aromatic heterocycles. The first kappa shape index (κ1) is 14.6. The van der Waals surface area contributed by atoms with Crippen LogP contribution in [-0.2, 0) is 10.0 Å². The fourth-order valence-electron chi connectivity index (χ4n) is 1.74. The van der Waals surface area contributed by atoms with E-state index >= 15 is 0 Å². The van der Waals surface area contributed by atoms with E-state index in [1.54, 1.807) is 19.1 Å². The second kappa shape index (κ2) is 5.29. The normalized spacial score (nSPS) is 11.3. The predicted molar refractivity (Wildman–Crippen MR) is 79.8 cm³/mol. The second-order valence-corrected chi connectivity index (χ2v) is 7.14. The summed E-state index contributed by atoms with van der Waals surface area (Å²) in [4.78, 5) is 3.92. The topological polar surface area (TPSA) is 94.3 Å². The van der Waals surface area contributed by atoms with E-state index in [0.29, 0.717) is 17.1 Å². The zero-order chi connectivity index (χ0) is 14.9. The van der Waals surface area contributed by atoms with Gasteiger partial charge in [-0.25, -0.2) is 13.4 Å². The van der Waals surface area contributed by atoms with Gasteiger partial charge < -0.3 is 10.5 Å². The molecule has 0 bridgehead atoms. The molecule has 1 aromatic carbocycles. The van der Waals surface area contributed by atoms with E-state index in [9.17, 15) is 8.42 Å². The van der Waals surface area contributed by atoms with Crippen LogP contribution >= 0.6 is 11.3 Å². The number of hydrogen-bond donors (Lipinski definition) is 2. The summed E-state index contributed by atoms with van der Waals surface area (Å²) in [7, 11) is -2.24. The van der Waals surface area contributed by atoms with E-state index in [1.807, 2.05) is 13.0 Å². The van der Waals surface area contributed by atoms with Crippen LogP contribution in [-0.4, -0.2) is 20.5 Å². The number of methoxy groups -OCH3 is 1. The summed E-state index contributed by atoms with van der Waals surface area (Å²) in [5.74, 6) is 0.453. The van der Waals surface area contributed by atoms with Crippen LogP contribution in [0.4, 0.5) is 10.8 Å². The van der Waals surface area contributed by atoms with Gasteiger partial charge in [0.15, 0.2) is 9.34 Å². The van der Waals surface area contributed by atoms with E-state index in [4.69, 9.17) is 10.5 Å². The third-order valence-corrected chi connectivity index (χ3v) is 5.58. The molecule has 0 saturated carbocycles. The van der Waals surface area contributed by atoms with Crippen molar-refractivity contribution in [3.8, 4) is 5.75 Å². The minimum Gasteiger partial charge on any atom is -0.495 e.